The van der Waals surface area contributed by atoms with Crippen LogP contribution in [-0.4, -0.2) is 20.7 Å². The van der Waals surface area contributed by atoms with E-state index in [4.69, 9.17) is 21.5 Å². The summed E-state index contributed by atoms with van der Waals surface area (Å²) in [5.41, 5.74) is -4.20. The maximum Gasteiger partial charge on any atom is 0.446 e. The molecule has 0 aliphatic rings. The molecule has 1 aromatic heterocycles. The Hall–Kier alpha value is -1.54. The predicted molar refractivity (Wildman–Crippen MR) is 67.1 cm³/mol. The molecule has 2 aromatic rings. The number of benzene rings is 1. The Labute approximate surface area is 121 Å². The average Bonchev–Trinajstić information content (AvgIpc) is 2.72. The minimum atomic E-state index is -4.41. The first-order chi connectivity index (χ1) is 9.35. The van der Waals surface area contributed by atoms with Crippen molar-refractivity contribution in [1.82, 2.24) is 9.94 Å². The van der Waals surface area contributed by atoms with Gasteiger partial charge in [0.1, 0.15) is 6.61 Å². The summed E-state index contributed by atoms with van der Waals surface area (Å²) in [6.07, 6.45) is 1.23. The van der Waals surface area contributed by atoms with Crippen LogP contribution in [0, 0.1) is 0 Å². The second-order valence-corrected chi connectivity index (χ2v) is 5.14. The average molecular weight is 325 g/mol. The summed E-state index contributed by atoms with van der Waals surface area (Å²) in [5, 5.41) is 12.7. The van der Waals surface area contributed by atoms with Gasteiger partial charge in [-0.15, -0.1) is 4.85 Å². The van der Waals surface area contributed by atoms with Crippen molar-refractivity contribution < 1.29 is 23.1 Å². The number of hydrogen-bond acceptors (Lipinski definition) is 4. The number of aromatic nitrogens is 2. The molecule has 108 valence electrons. The normalized spacial score (nSPS) is 11.6. The van der Waals surface area contributed by atoms with Crippen LogP contribution in [-0.2, 0) is 6.61 Å². The molecule has 9 heteroatoms. The summed E-state index contributed by atoms with van der Waals surface area (Å²) >= 11 is 5.64. The van der Waals surface area contributed by atoms with Crippen LogP contribution in [0.15, 0.2) is 35.4 Å². The maximum absolute atomic E-state index is 12.4. The van der Waals surface area contributed by atoms with Crippen molar-refractivity contribution in [3.63, 3.8) is 0 Å². The molecule has 0 amide bonds. The first-order valence-electron chi connectivity index (χ1n) is 5.26. The van der Waals surface area contributed by atoms with Gasteiger partial charge >= 0.3 is 5.51 Å². The molecule has 0 unspecified atom stereocenters. The minimum Gasteiger partial charge on any atom is -0.472 e. The van der Waals surface area contributed by atoms with Crippen molar-refractivity contribution >= 4 is 23.4 Å². The SMILES string of the molecule is On1ccc(OCc2c(Cl)cccc2SC(F)(F)F)n1. The largest absolute Gasteiger partial charge is 0.472 e. The summed E-state index contributed by atoms with van der Waals surface area (Å²) in [6.45, 7) is -0.185. The highest BCUT2D eigenvalue weighted by atomic mass is 35.5. The van der Waals surface area contributed by atoms with Gasteiger partial charge in [0.2, 0.25) is 5.88 Å². The quantitative estimate of drug-likeness (QED) is 0.683. The predicted octanol–water partition coefficient (Wildman–Crippen LogP) is 3.96. The van der Waals surface area contributed by atoms with Gasteiger partial charge in [-0.25, -0.2) is 0 Å². The van der Waals surface area contributed by atoms with Gasteiger partial charge in [0.05, 0.1) is 6.20 Å². The van der Waals surface area contributed by atoms with E-state index in [-0.39, 0.29) is 39.7 Å². The molecule has 1 N–H and O–H groups in total. The Morgan fingerprint density at radius 1 is 1.35 bits per heavy atom. The van der Waals surface area contributed by atoms with E-state index in [0.29, 0.717) is 4.85 Å². The van der Waals surface area contributed by atoms with Gasteiger partial charge in [-0.05, 0) is 23.9 Å². The zero-order valence-electron chi connectivity index (χ0n) is 9.76. The first kappa shape index (κ1) is 14.9. The molecule has 1 heterocycles. The van der Waals surface area contributed by atoms with Crippen molar-refractivity contribution in [2.45, 2.75) is 17.0 Å². The molecule has 4 nitrogen and oxygen atoms in total. The van der Waals surface area contributed by atoms with E-state index in [1.165, 1.54) is 30.5 Å². The third-order valence-corrected chi connectivity index (χ3v) is 3.41. The molecule has 0 atom stereocenters. The second-order valence-electron chi connectivity index (χ2n) is 3.63. The Balaban J connectivity index is 2.17. The molecular weight excluding hydrogens is 317 g/mol. The molecule has 0 spiro atoms. The summed E-state index contributed by atoms with van der Waals surface area (Å²) < 4.78 is 42.5. The van der Waals surface area contributed by atoms with E-state index >= 15 is 0 Å². The van der Waals surface area contributed by atoms with Gasteiger partial charge < -0.3 is 9.94 Å². The van der Waals surface area contributed by atoms with Crippen LogP contribution in [0.1, 0.15) is 5.56 Å². The van der Waals surface area contributed by atoms with E-state index in [2.05, 4.69) is 5.10 Å². The number of alkyl halides is 3. The van der Waals surface area contributed by atoms with Crippen molar-refractivity contribution in [1.29, 1.82) is 0 Å². The Morgan fingerprint density at radius 3 is 2.70 bits per heavy atom. The smallest absolute Gasteiger partial charge is 0.446 e. The topological polar surface area (TPSA) is 47.3 Å². The summed E-state index contributed by atoms with van der Waals surface area (Å²) in [6, 6.07) is 5.59. The fourth-order valence-electron chi connectivity index (χ4n) is 1.42. The van der Waals surface area contributed by atoms with Gasteiger partial charge in [-0.3, -0.25) is 0 Å². The molecule has 1 aromatic carbocycles. The minimum absolute atomic E-state index is 0.0339. The lowest BCUT2D eigenvalue weighted by molar-refractivity contribution is -0.0328. The molecule has 0 radical (unpaired) electrons. The molecule has 2 rings (SSSR count). The molecule has 0 bridgehead atoms. The number of ether oxygens (including phenoxy) is 1. The molecule has 0 aliphatic carbocycles. The molecular formula is C11H8ClF3N2O2S. The standard InChI is InChI=1S/C11H8ClF3N2O2S/c12-8-2-1-3-9(20-11(13,14)15)7(8)6-19-10-4-5-17(18)16-10/h1-5,18H,6H2. The van der Waals surface area contributed by atoms with Crippen LogP contribution in [0.5, 0.6) is 5.88 Å². The molecule has 0 fully saturated rings. The highest BCUT2D eigenvalue weighted by molar-refractivity contribution is 8.00. The Bertz CT molecular complexity index is 604. The van der Waals surface area contributed by atoms with Crippen molar-refractivity contribution in [2.24, 2.45) is 0 Å². The molecule has 20 heavy (non-hydrogen) atoms. The zero-order chi connectivity index (χ0) is 14.8. The monoisotopic (exact) mass is 324 g/mol. The summed E-state index contributed by atoms with van der Waals surface area (Å²) in [4.78, 5) is 0.501. The number of rotatable bonds is 4. The number of hydrogen-bond donors (Lipinski definition) is 1. The lowest BCUT2D eigenvalue weighted by Crippen LogP contribution is -2.04. The van der Waals surface area contributed by atoms with Gasteiger partial charge in [-0.2, -0.15) is 13.2 Å². The van der Waals surface area contributed by atoms with Crippen LogP contribution >= 0.6 is 23.4 Å². The van der Waals surface area contributed by atoms with Crippen molar-refractivity contribution in [2.75, 3.05) is 0 Å². The molecule has 0 aliphatic heterocycles. The van der Waals surface area contributed by atoms with E-state index in [1.54, 1.807) is 0 Å². The summed E-state index contributed by atoms with van der Waals surface area (Å²) in [7, 11) is 0. The third kappa shape index (κ3) is 3.97. The fourth-order valence-corrected chi connectivity index (χ4v) is 2.39. The lowest BCUT2D eigenvalue weighted by atomic mass is 10.2. The van der Waals surface area contributed by atoms with Gasteiger partial charge in [0.25, 0.3) is 0 Å². The zero-order valence-corrected chi connectivity index (χ0v) is 11.3. The van der Waals surface area contributed by atoms with Gasteiger partial charge in [0, 0.05) is 21.5 Å². The highest BCUT2D eigenvalue weighted by Gasteiger charge is 2.30. The van der Waals surface area contributed by atoms with Crippen molar-refractivity contribution in [3.8, 4) is 5.88 Å². The van der Waals surface area contributed by atoms with E-state index in [0.717, 1.165) is 0 Å². The molecule has 0 saturated carbocycles. The van der Waals surface area contributed by atoms with Crippen LogP contribution in [0.25, 0.3) is 0 Å². The van der Waals surface area contributed by atoms with Crippen molar-refractivity contribution in [3.05, 3.63) is 41.0 Å². The summed E-state index contributed by atoms with van der Waals surface area (Å²) in [5.74, 6) is 0.0791. The van der Waals surface area contributed by atoms with E-state index in [1.807, 2.05) is 0 Å². The Kier molecular flexibility index (Phi) is 4.34. The van der Waals surface area contributed by atoms with Crippen LogP contribution in [0.3, 0.4) is 0 Å². The second kappa shape index (κ2) is 5.84. The fraction of sp³-hybridized carbons (Fsp3) is 0.182. The number of halogens is 4. The van der Waals surface area contributed by atoms with Gasteiger partial charge in [-0.1, -0.05) is 22.8 Å². The Morgan fingerprint density at radius 2 is 2.10 bits per heavy atom. The van der Waals surface area contributed by atoms with Crippen LogP contribution in [0.2, 0.25) is 5.02 Å². The number of thioether (sulfide) groups is 1. The maximum atomic E-state index is 12.4. The number of nitrogens with zero attached hydrogens (tertiary/aromatic N) is 2. The van der Waals surface area contributed by atoms with E-state index in [9.17, 15) is 13.2 Å². The highest BCUT2D eigenvalue weighted by Crippen LogP contribution is 2.40. The third-order valence-electron chi connectivity index (χ3n) is 2.22. The first-order valence-corrected chi connectivity index (χ1v) is 6.45. The van der Waals surface area contributed by atoms with Crippen LogP contribution in [0.4, 0.5) is 13.2 Å². The van der Waals surface area contributed by atoms with Crippen LogP contribution < -0.4 is 4.74 Å². The van der Waals surface area contributed by atoms with E-state index < -0.39 is 5.51 Å². The van der Waals surface area contributed by atoms with Gasteiger partial charge in [0.15, 0.2) is 0 Å². The molecule has 0 saturated heterocycles. The lowest BCUT2D eigenvalue weighted by Gasteiger charge is -2.12.